The van der Waals surface area contributed by atoms with E-state index in [0.29, 0.717) is 23.5 Å². The lowest BCUT2D eigenvalue weighted by molar-refractivity contribution is -0.136. The number of carbonyl (C=O) groups excluding carboxylic acids is 1. The van der Waals surface area contributed by atoms with Crippen molar-refractivity contribution in [3.8, 4) is 0 Å². The van der Waals surface area contributed by atoms with Gasteiger partial charge < -0.3 is 4.74 Å². The number of thioether (sulfide) groups is 1. The van der Waals surface area contributed by atoms with Crippen LogP contribution < -0.4 is 0 Å². The Morgan fingerprint density at radius 3 is 2.50 bits per heavy atom. The van der Waals surface area contributed by atoms with Crippen LogP contribution in [0.15, 0.2) is 11.6 Å². The van der Waals surface area contributed by atoms with Gasteiger partial charge in [0.15, 0.2) is 0 Å². The van der Waals surface area contributed by atoms with Crippen LogP contribution in [0.3, 0.4) is 0 Å². The maximum atomic E-state index is 11.2. The van der Waals surface area contributed by atoms with E-state index in [-0.39, 0.29) is 11.7 Å². The Labute approximate surface area is 101 Å². The molecule has 0 spiro atoms. The van der Waals surface area contributed by atoms with Crippen LogP contribution in [-0.2, 0) is 19.4 Å². The minimum absolute atomic E-state index is 0.172. The first kappa shape index (κ1) is 15.5. The summed E-state index contributed by atoms with van der Waals surface area (Å²) in [4.78, 5) is 11.2. The van der Waals surface area contributed by atoms with E-state index < -0.39 is 9.84 Å². The highest BCUT2D eigenvalue weighted by Crippen LogP contribution is 2.08. The summed E-state index contributed by atoms with van der Waals surface area (Å²) >= 11 is 1.49. The molecule has 0 aromatic rings. The van der Waals surface area contributed by atoms with Gasteiger partial charge >= 0.3 is 5.97 Å². The lowest BCUT2D eigenvalue weighted by Gasteiger charge is -2.02. The number of sulfone groups is 1. The molecule has 0 aromatic heterocycles. The Morgan fingerprint density at radius 2 is 2.06 bits per heavy atom. The van der Waals surface area contributed by atoms with Crippen molar-refractivity contribution in [2.45, 2.75) is 13.3 Å². The standard InChI is InChI=1S/C10H18O4S2/c1-4-9(10(11)14-2)5-6-15-7-8-16(3,12)13/h5H,4,6-8H2,1-3H3. The van der Waals surface area contributed by atoms with Crippen LogP contribution >= 0.6 is 11.8 Å². The molecule has 0 aliphatic carbocycles. The molecule has 0 unspecified atom stereocenters. The highest BCUT2D eigenvalue weighted by molar-refractivity contribution is 8.00. The van der Waals surface area contributed by atoms with Crippen molar-refractivity contribution in [3.63, 3.8) is 0 Å². The molecule has 0 radical (unpaired) electrons. The summed E-state index contributed by atoms with van der Waals surface area (Å²) < 4.78 is 26.3. The number of esters is 1. The zero-order valence-electron chi connectivity index (χ0n) is 9.86. The van der Waals surface area contributed by atoms with Crippen molar-refractivity contribution in [2.24, 2.45) is 0 Å². The zero-order chi connectivity index (χ0) is 12.6. The first-order valence-corrected chi connectivity index (χ1v) is 8.15. The largest absolute Gasteiger partial charge is 0.466 e. The molecule has 16 heavy (non-hydrogen) atoms. The lowest BCUT2D eigenvalue weighted by atomic mass is 10.2. The van der Waals surface area contributed by atoms with E-state index in [1.165, 1.54) is 25.1 Å². The number of hydrogen-bond donors (Lipinski definition) is 0. The minimum Gasteiger partial charge on any atom is -0.466 e. The van der Waals surface area contributed by atoms with Crippen LogP contribution in [-0.4, -0.2) is 45.0 Å². The highest BCUT2D eigenvalue weighted by atomic mass is 32.2. The van der Waals surface area contributed by atoms with Gasteiger partial charge in [-0.2, -0.15) is 11.8 Å². The SMILES string of the molecule is CCC(=CCSCCS(C)(=O)=O)C(=O)OC. The Hall–Kier alpha value is -0.490. The monoisotopic (exact) mass is 266 g/mol. The van der Waals surface area contributed by atoms with E-state index in [1.807, 2.05) is 6.92 Å². The molecule has 0 heterocycles. The van der Waals surface area contributed by atoms with Gasteiger partial charge in [0.05, 0.1) is 12.9 Å². The summed E-state index contributed by atoms with van der Waals surface area (Å²) in [5.41, 5.74) is 0.634. The third-order valence-corrected chi connectivity index (χ3v) is 3.97. The second-order valence-electron chi connectivity index (χ2n) is 3.28. The minimum atomic E-state index is -2.88. The Balaban J connectivity index is 3.94. The molecule has 0 bridgehead atoms. The number of rotatable bonds is 7. The van der Waals surface area contributed by atoms with Gasteiger partial charge in [-0.15, -0.1) is 0 Å². The Kier molecular flexibility index (Phi) is 7.49. The van der Waals surface area contributed by atoms with E-state index in [2.05, 4.69) is 4.74 Å². The van der Waals surface area contributed by atoms with Crippen molar-refractivity contribution in [1.82, 2.24) is 0 Å². The summed E-state index contributed by atoms with van der Waals surface area (Å²) in [6.45, 7) is 1.88. The summed E-state index contributed by atoms with van der Waals surface area (Å²) in [7, 11) is -1.53. The van der Waals surface area contributed by atoms with Crippen molar-refractivity contribution in [2.75, 3.05) is 30.6 Å². The topological polar surface area (TPSA) is 60.4 Å². The predicted molar refractivity (Wildman–Crippen MR) is 67.4 cm³/mol. The molecule has 4 nitrogen and oxygen atoms in total. The van der Waals surface area contributed by atoms with Crippen molar-refractivity contribution in [1.29, 1.82) is 0 Å². The fourth-order valence-electron chi connectivity index (χ4n) is 0.956. The lowest BCUT2D eigenvalue weighted by Crippen LogP contribution is -2.06. The van der Waals surface area contributed by atoms with E-state index in [9.17, 15) is 13.2 Å². The van der Waals surface area contributed by atoms with Gasteiger partial charge in [-0.05, 0) is 6.42 Å². The average molecular weight is 266 g/mol. The number of carbonyl (C=O) groups is 1. The molecule has 0 rings (SSSR count). The summed E-state index contributed by atoms with van der Waals surface area (Å²) in [5.74, 6) is 1.04. The molecule has 0 atom stereocenters. The second kappa shape index (κ2) is 7.73. The molecular formula is C10H18O4S2. The van der Waals surface area contributed by atoms with E-state index in [4.69, 9.17) is 0 Å². The van der Waals surface area contributed by atoms with Gasteiger partial charge in [-0.1, -0.05) is 13.0 Å². The molecule has 0 aromatic carbocycles. The van der Waals surface area contributed by atoms with Crippen LogP contribution in [0.2, 0.25) is 0 Å². The first-order chi connectivity index (χ1) is 7.40. The molecule has 0 aliphatic rings. The average Bonchev–Trinajstić information content (AvgIpc) is 2.21. The molecule has 0 fully saturated rings. The quantitative estimate of drug-likeness (QED) is 0.394. The number of ether oxygens (including phenoxy) is 1. The molecule has 0 saturated heterocycles. The van der Waals surface area contributed by atoms with E-state index in [0.717, 1.165) is 0 Å². The number of hydrogen-bond acceptors (Lipinski definition) is 5. The van der Waals surface area contributed by atoms with Gasteiger partial charge in [0, 0.05) is 23.3 Å². The smallest absolute Gasteiger partial charge is 0.333 e. The van der Waals surface area contributed by atoms with Gasteiger partial charge in [0.2, 0.25) is 0 Å². The van der Waals surface area contributed by atoms with Crippen molar-refractivity contribution >= 4 is 27.6 Å². The number of methoxy groups -OCH3 is 1. The maximum absolute atomic E-state index is 11.2. The zero-order valence-corrected chi connectivity index (χ0v) is 11.5. The molecule has 0 aliphatic heterocycles. The summed E-state index contributed by atoms with van der Waals surface area (Å²) in [5, 5.41) is 0. The second-order valence-corrected chi connectivity index (χ2v) is 6.69. The van der Waals surface area contributed by atoms with Crippen LogP contribution in [0.25, 0.3) is 0 Å². The highest BCUT2D eigenvalue weighted by Gasteiger charge is 2.06. The Morgan fingerprint density at radius 1 is 1.44 bits per heavy atom. The maximum Gasteiger partial charge on any atom is 0.333 e. The van der Waals surface area contributed by atoms with Crippen molar-refractivity contribution < 1.29 is 17.9 Å². The van der Waals surface area contributed by atoms with Gasteiger partial charge in [0.25, 0.3) is 0 Å². The predicted octanol–water partition coefficient (Wildman–Crippen LogP) is 1.27. The molecule has 0 saturated carbocycles. The molecule has 6 heteroatoms. The summed E-state index contributed by atoms with van der Waals surface area (Å²) in [6.07, 6.45) is 3.63. The van der Waals surface area contributed by atoms with Crippen LogP contribution in [0.5, 0.6) is 0 Å². The van der Waals surface area contributed by atoms with E-state index >= 15 is 0 Å². The summed E-state index contributed by atoms with van der Waals surface area (Å²) in [6, 6.07) is 0. The van der Waals surface area contributed by atoms with Crippen LogP contribution in [0, 0.1) is 0 Å². The first-order valence-electron chi connectivity index (χ1n) is 4.93. The molecule has 0 N–H and O–H groups in total. The van der Waals surface area contributed by atoms with Gasteiger partial charge in [0.1, 0.15) is 9.84 Å². The Bertz CT molecular complexity index is 344. The van der Waals surface area contributed by atoms with Gasteiger partial charge in [-0.25, -0.2) is 13.2 Å². The molecule has 0 amide bonds. The molecular weight excluding hydrogens is 248 g/mol. The molecule has 94 valence electrons. The third-order valence-electron chi connectivity index (χ3n) is 1.87. The fourth-order valence-corrected chi connectivity index (χ4v) is 3.12. The van der Waals surface area contributed by atoms with E-state index in [1.54, 1.807) is 6.08 Å². The normalized spacial score (nSPS) is 12.6. The van der Waals surface area contributed by atoms with Gasteiger partial charge in [-0.3, -0.25) is 0 Å². The third kappa shape index (κ3) is 7.76. The van der Waals surface area contributed by atoms with Crippen LogP contribution in [0.1, 0.15) is 13.3 Å². The van der Waals surface area contributed by atoms with Crippen LogP contribution in [0.4, 0.5) is 0 Å². The fraction of sp³-hybridized carbons (Fsp3) is 0.700. The van der Waals surface area contributed by atoms with Crippen molar-refractivity contribution in [3.05, 3.63) is 11.6 Å².